The summed E-state index contributed by atoms with van der Waals surface area (Å²) in [4.78, 5) is 4.63. The number of hydrogen-bond acceptors (Lipinski definition) is 1. The van der Waals surface area contributed by atoms with E-state index in [0.717, 1.165) is 23.8 Å². The number of para-hydroxylation sites is 2. The molecule has 0 amide bonds. The molecule has 1 aromatic carbocycles. The molecular weight excluding hydrogens is 256 g/mol. The van der Waals surface area contributed by atoms with E-state index in [9.17, 15) is 0 Å². The van der Waals surface area contributed by atoms with Crippen molar-refractivity contribution >= 4 is 22.6 Å². The highest BCUT2D eigenvalue weighted by atomic mass is 35.5. The van der Waals surface area contributed by atoms with Crippen LogP contribution in [-0.4, -0.2) is 9.55 Å². The van der Waals surface area contributed by atoms with Gasteiger partial charge in [0.25, 0.3) is 0 Å². The lowest BCUT2D eigenvalue weighted by molar-refractivity contribution is 0.391. The molecule has 0 aliphatic rings. The Kier molecular flexibility index (Phi) is 5.26. The van der Waals surface area contributed by atoms with Gasteiger partial charge in [0.05, 0.1) is 16.9 Å². The maximum Gasteiger partial charge on any atom is 0.124 e. The summed E-state index contributed by atoms with van der Waals surface area (Å²) in [7, 11) is 0. The smallest absolute Gasteiger partial charge is 0.124 e. The summed E-state index contributed by atoms with van der Waals surface area (Å²) in [6, 6.07) is 8.32. The molecule has 0 saturated heterocycles. The zero-order chi connectivity index (χ0) is 13.7. The number of halogens is 1. The molecule has 2 rings (SSSR count). The van der Waals surface area contributed by atoms with Crippen molar-refractivity contribution < 1.29 is 0 Å². The molecule has 3 heteroatoms. The first-order valence-corrected chi connectivity index (χ1v) is 7.83. The minimum Gasteiger partial charge on any atom is -0.327 e. The van der Waals surface area contributed by atoms with Crippen molar-refractivity contribution in [3.8, 4) is 0 Å². The predicted octanol–water partition coefficient (Wildman–Crippen LogP) is 4.99. The Morgan fingerprint density at radius 3 is 2.74 bits per heavy atom. The Balaban J connectivity index is 2.26. The van der Waals surface area contributed by atoms with Gasteiger partial charge >= 0.3 is 0 Å². The second-order valence-corrected chi connectivity index (χ2v) is 5.44. The zero-order valence-corrected chi connectivity index (χ0v) is 12.7. The number of imidazole rings is 1. The summed E-state index contributed by atoms with van der Waals surface area (Å²) in [6.45, 7) is 5.57. The SMILES string of the molecule is CCCCC(CC)Cn1c(CCl)nc2ccccc21. The lowest BCUT2D eigenvalue weighted by Gasteiger charge is -2.17. The van der Waals surface area contributed by atoms with Gasteiger partial charge in [0.2, 0.25) is 0 Å². The molecule has 2 nitrogen and oxygen atoms in total. The molecule has 0 saturated carbocycles. The summed E-state index contributed by atoms with van der Waals surface area (Å²) in [6.07, 6.45) is 5.08. The number of fused-ring (bicyclic) bond motifs is 1. The monoisotopic (exact) mass is 278 g/mol. The van der Waals surface area contributed by atoms with Crippen molar-refractivity contribution in [2.75, 3.05) is 0 Å². The fourth-order valence-corrected chi connectivity index (χ4v) is 2.81. The molecular formula is C16H23ClN2. The van der Waals surface area contributed by atoms with Gasteiger partial charge in [-0.1, -0.05) is 45.2 Å². The molecule has 1 unspecified atom stereocenters. The van der Waals surface area contributed by atoms with Crippen molar-refractivity contribution in [1.82, 2.24) is 9.55 Å². The fourth-order valence-electron chi connectivity index (χ4n) is 2.61. The van der Waals surface area contributed by atoms with E-state index in [1.54, 1.807) is 0 Å². The third-order valence-corrected chi connectivity index (χ3v) is 4.08. The predicted molar refractivity (Wildman–Crippen MR) is 82.6 cm³/mol. The molecule has 0 fully saturated rings. The van der Waals surface area contributed by atoms with Gasteiger partial charge in [0, 0.05) is 6.54 Å². The third-order valence-electron chi connectivity index (χ3n) is 3.84. The number of aromatic nitrogens is 2. The van der Waals surface area contributed by atoms with Crippen LogP contribution in [0.3, 0.4) is 0 Å². The van der Waals surface area contributed by atoms with E-state index < -0.39 is 0 Å². The van der Waals surface area contributed by atoms with E-state index in [4.69, 9.17) is 11.6 Å². The average Bonchev–Trinajstić information content (AvgIpc) is 2.81. The zero-order valence-electron chi connectivity index (χ0n) is 11.9. The highest BCUT2D eigenvalue weighted by molar-refractivity contribution is 6.16. The Morgan fingerprint density at radius 1 is 1.26 bits per heavy atom. The van der Waals surface area contributed by atoms with Gasteiger partial charge in [-0.25, -0.2) is 4.98 Å². The van der Waals surface area contributed by atoms with Crippen molar-refractivity contribution in [3.63, 3.8) is 0 Å². The third kappa shape index (κ3) is 3.30. The molecule has 19 heavy (non-hydrogen) atoms. The number of benzene rings is 1. The topological polar surface area (TPSA) is 17.8 Å². The number of rotatable bonds is 7. The van der Waals surface area contributed by atoms with E-state index in [2.05, 4.69) is 41.6 Å². The van der Waals surface area contributed by atoms with Gasteiger partial charge in [0.15, 0.2) is 0 Å². The van der Waals surface area contributed by atoms with Crippen LogP contribution in [0.5, 0.6) is 0 Å². The molecule has 0 bridgehead atoms. The van der Waals surface area contributed by atoms with E-state index >= 15 is 0 Å². The largest absolute Gasteiger partial charge is 0.327 e. The lowest BCUT2D eigenvalue weighted by atomic mass is 9.99. The van der Waals surface area contributed by atoms with Crippen LogP contribution in [0.4, 0.5) is 0 Å². The summed E-state index contributed by atoms with van der Waals surface area (Å²) in [5.41, 5.74) is 2.27. The molecule has 0 N–H and O–H groups in total. The van der Waals surface area contributed by atoms with Crippen molar-refractivity contribution in [2.45, 2.75) is 52.0 Å². The molecule has 0 spiro atoms. The number of unbranched alkanes of at least 4 members (excludes halogenated alkanes) is 1. The minimum atomic E-state index is 0.485. The molecule has 1 heterocycles. The lowest BCUT2D eigenvalue weighted by Crippen LogP contribution is -2.12. The first-order valence-electron chi connectivity index (χ1n) is 7.30. The highest BCUT2D eigenvalue weighted by Crippen LogP contribution is 2.22. The van der Waals surface area contributed by atoms with Gasteiger partial charge in [-0.2, -0.15) is 0 Å². The minimum absolute atomic E-state index is 0.485. The number of hydrogen-bond donors (Lipinski definition) is 0. The van der Waals surface area contributed by atoms with Crippen LogP contribution in [0.25, 0.3) is 11.0 Å². The normalized spacial score (nSPS) is 13.0. The van der Waals surface area contributed by atoms with Gasteiger partial charge in [-0.15, -0.1) is 11.6 Å². The maximum absolute atomic E-state index is 6.05. The molecule has 0 aliphatic heterocycles. The summed E-state index contributed by atoms with van der Waals surface area (Å²) in [5, 5.41) is 0. The summed E-state index contributed by atoms with van der Waals surface area (Å²) in [5.74, 6) is 2.20. The Labute approximate surface area is 120 Å². The molecule has 104 valence electrons. The van der Waals surface area contributed by atoms with Crippen LogP contribution >= 0.6 is 11.6 Å². The molecule has 2 aromatic rings. The van der Waals surface area contributed by atoms with Crippen LogP contribution in [-0.2, 0) is 12.4 Å². The van der Waals surface area contributed by atoms with E-state index in [-0.39, 0.29) is 0 Å². The van der Waals surface area contributed by atoms with Crippen LogP contribution in [0.1, 0.15) is 45.4 Å². The number of nitrogens with zero attached hydrogens (tertiary/aromatic N) is 2. The summed E-state index contributed by atoms with van der Waals surface area (Å²) < 4.78 is 2.31. The highest BCUT2D eigenvalue weighted by Gasteiger charge is 2.13. The second-order valence-electron chi connectivity index (χ2n) is 5.18. The summed E-state index contributed by atoms with van der Waals surface area (Å²) >= 11 is 6.05. The maximum atomic E-state index is 6.05. The van der Waals surface area contributed by atoms with Crippen LogP contribution in [0.2, 0.25) is 0 Å². The van der Waals surface area contributed by atoms with E-state index in [1.165, 1.54) is 31.2 Å². The van der Waals surface area contributed by atoms with Crippen molar-refractivity contribution in [3.05, 3.63) is 30.1 Å². The first kappa shape index (κ1) is 14.4. The van der Waals surface area contributed by atoms with Gasteiger partial charge in [-0.3, -0.25) is 0 Å². The van der Waals surface area contributed by atoms with E-state index in [1.807, 2.05) is 6.07 Å². The van der Waals surface area contributed by atoms with Gasteiger partial charge < -0.3 is 4.57 Å². The molecule has 1 aromatic heterocycles. The van der Waals surface area contributed by atoms with Crippen molar-refractivity contribution in [2.24, 2.45) is 5.92 Å². The standard InChI is InChI=1S/C16H23ClN2/c1-3-5-8-13(4-2)12-19-15-10-7-6-9-14(15)18-16(19)11-17/h6-7,9-10,13H,3-5,8,11-12H2,1-2H3. The van der Waals surface area contributed by atoms with Crippen LogP contribution < -0.4 is 0 Å². The average molecular weight is 279 g/mol. The Hall–Kier alpha value is -1.02. The molecule has 0 aliphatic carbocycles. The number of alkyl halides is 1. The van der Waals surface area contributed by atoms with Gasteiger partial charge in [0.1, 0.15) is 5.82 Å². The quantitative estimate of drug-likeness (QED) is 0.652. The van der Waals surface area contributed by atoms with Crippen LogP contribution in [0, 0.1) is 5.92 Å². The molecule has 1 atom stereocenters. The Morgan fingerprint density at radius 2 is 2.05 bits per heavy atom. The Bertz CT molecular complexity index is 518. The first-order chi connectivity index (χ1) is 9.30. The fraction of sp³-hybridized carbons (Fsp3) is 0.562. The van der Waals surface area contributed by atoms with Crippen LogP contribution in [0.15, 0.2) is 24.3 Å². The van der Waals surface area contributed by atoms with E-state index in [0.29, 0.717) is 5.88 Å². The van der Waals surface area contributed by atoms with Gasteiger partial charge in [-0.05, 0) is 24.5 Å². The second kappa shape index (κ2) is 6.95. The van der Waals surface area contributed by atoms with Crippen molar-refractivity contribution in [1.29, 1.82) is 0 Å². The molecule has 0 radical (unpaired) electrons.